The first kappa shape index (κ1) is 25.5. The second kappa shape index (κ2) is 13.6. The quantitative estimate of drug-likeness (QED) is 0.218. The summed E-state index contributed by atoms with van der Waals surface area (Å²) in [5, 5.41) is 0. The lowest BCUT2D eigenvalue weighted by Crippen LogP contribution is -2.43. The van der Waals surface area contributed by atoms with Gasteiger partial charge in [-0.15, -0.1) is 0 Å². The third kappa shape index (κ3) is 9.10. The average molecular weight is 458 g/mol. The molecule has 0 atom stereocenters. The molecular weight excluding hydrogens is 431 g/mol. The van der Waals surface area contributed by atoms with Crippen molar-refractivity contribution in [3.05, 3.63) is 65.5 Å². The Hall–Kier alpha value is -3.75. The number of ketones is 1. The Balaban J connectivity index is 1.66. The standard InChI is InChI=1S/C24H27FN2O6/c1-2-3-6-15-32-18-11-9-17(10-12-18)21(28)13-14-23(30)33-16-22(29)26-27-24(31)19-7-4-5-8-20(19)25/h4-5,7-12H,2-3,6,13-16H2,1H3,(H,26,29)(H,27,31). The summed E-state index contributed by atoms with van der Waals surface area (Å²) in [6, 6.07) is 11.9. The highest BCUT2D eigenvalue weighted by atomic mass is 19.1. The largest absolute Gasteiger partial charge is 0.494 e. The van der Waals surface area contributed by atoms with Crippen LogP contribution in [0.3, 0.4) is 0 Å². The number of rotatable bonds is 12. The van der Waals surface area contributed by atoms with Gasteiger partial charge in [-0.25, -0.2) is 4.39 Å². The summed E-state index contributed by atoms with van der Waals surface area (Å²) in [5.74, 6) is -2.71. The fraction of sp³-hybridized carbons (Fsp3) is 0.333. The molecule has 2 aromatic carbocycles. The van der Waals surface area contributed by atoms with Gasteiger partial charge >= 0.3 is 5.97 Å². The number of carbonyl (C=O) groups excluding carboxylic acids is 4. The fourth-order valence-electron chi connectivity index (χ4n) is 2.73. The van der Waals surface area contributed by atoms with E-state index in [0.717, 1.165) is 25.3 Å². The van der Waals surface area contributed by atoms with Crippen LogP contribution in [0.4, 0.5) is 4.39 Å². The molecule has 2 N–H and O–H groups in total. The zero-order chi connectivity index (χ0) is 24.1. The number of hydrogen-bond acceptors (Lipinski definition) is 6. The van der Waals surface area contributed by atoms with Crippen molar-refractivity contribution >= 4 is 23.6 Å². The van der Waals surface area contributed by atoms with E-state index in [1.807, 2.05) is 10.9 Å². The van der Waals surface area contributed by atoms with E-state index in [4.69, 9.17) is 9.47 Å². The van der Waals surface area contributed by atoms with Crippen LogP contribution in [0.1, 0.15) is 59.7 Å². The maximum atomic E-state index is 13.5. The minimum Gasteiger partial charge on any atom is -0.494 e. The average Bonchev–Trinajstić information content (AvgIpc) is 2.83. The summed E-state index contributed by atoms with van der Waals surface area (Å²) in [7, 11) is 0. The normalized spacial score (nSPS) is 10.2. The molecule has 9 heteroatoms. The second-order valence-corrected chi connectivity index (χ2v) is 7.15. The lowest BCUT2D eigenvalue weighted by Gasteiger charge is -2.09. The van der Waals surface area contributed by atoms with E-state index in [1.165, 1.54) is 18.2 Å². The zero-order valence-corrected chi connectivity index (χ0v) is 18.4. The molecule has 0 unspecified atom stereocenters. The number of Topliss-reactive ketones (excluding diaryl/α,β-unsaturated/α-hetero) is 1. The van der Waals surface area contributed by atoms with Crippen LogP contribution in [0.25, 0.3) is 0 Å². The van der Waals surface area contributed by atoms with Gasteiger partial charge in [0.15, 0.2) is 12.4 Å². The molecule has 2 amide bonds. The second-order valence-electron chi connectivity index (χ2n) is 7.15. The molecule has 0 saturated carbocycles. The molecule has 0 aliphatic heterocycles. The lowest BCUT2D eigenvalue weighted by atomic mass is 10.1. The molecule has 0 aromatic heterocycles. The van der Waals surface area contributed by atoms with Crippen molar-refractivity contribution in [3.63, 3.8) is 0 Å². The van der Waals surface area contributed by atoms with Gasteiger partial charge in [0.05, 0.1) is 18.6 Å². The van der Waals surface area contributed by atoms with E-state index in [9.17, 15) is 23.6 Å². The van der Waals surface area contributed by atoms with E-state index >= 15 is 0 Å². The van der Waals surface area contributed by atoms with E-state index in [-0.39, 0.29) is 24.2 Å². The van der Waals surface area contributed by atoms with E-state index in [1.54, 1.807) is 24.3 Å². The van der Waals surface area contributed by atoms with Crippen molar-refractivity contribution < 1.29 is 33.0 Å². The molecule has 0 radical (unpaired) electrons. The van der Waals surface area contributed by atoms with E-state index < -0.39 is 30.2 Å². The topological polar surface area (TPSA) is 111 Å². The highest BCUT2D eigenvalue weighted by Gasteiger charge is 2.14. The minimum absolute atomic E-state index is 0.0822. The third-order valence-electron chi connectivity index (χ3n) is 4.55. The van der Waals surface area contributed by atoms with Gasteiger partial charge in [-0.1, -0.05) is 31.9 Å². The van der Waals surface area contributed by atoms with Gasteiger partial charge in [-0.3, -0.25) is 30.0 Å². The molecule has 0 fully saturated rings. The van der Waals surface area contributed by atoms with Gasteiger partial charge < -0.3 is 9.47 Å². The van der Waals surface area contributed by atoms with Crippen molar-refractivity contribution in [3.8, 4) is 5.75 Å². The lowest BCUT2D eigenvalue weighted by molar-refractivity contribution is -0.148. The van der Waals surface area contributed by atoms with Crippen molar-refractivity contribution in [2.45, 2.75) is 39.0 Å². The summed E-state index contributed by atoms with van der Waals surface area (Å²) in [6.07, 6.45) is 2.88. The Kier molecular flexibility index (Phi) is 10.5. The fourth-order valence-corrected chi connectivity index (χ4v) is 2.73. The molecule has 2 aromatic rings. The van der Waals surface area contributed by atoms with Crippen LogP contribution in [0, 0.1) is 5.82 Å². The molecule has 176 valence electrons. The van der Waals surface area contributed by atoms with Gasteiger partial charge in [-0.2, -0.15) is 0 Å². The minimum atomic E-state index is -0.851. The van der Waals surface area contributed by atoms with Gasteiger partial charge in [0, 0.05) is 12.0 Å². The number of esters is 1. The molecule has 8 nitrogen and oxygen atoms in total. The zero-order valence-electron chi connectivity index (χ0n) is 18.4. The van der Waals surface area contributed by atoms with E-state index in [0.29, 0.717) is 17.9 Å². The molecule has 0 aliphatic rings. The Labute approximate surface area is 191 Å². The van der Waals surface area contributed by atoms with Crippen molar-refractivity contribution in [1.29, 1.82) is 0 Å². The highest BCUT2D eigenvalue weighted by molar-refractivity contribution is 5.98. The molecule has 33 heavy (non-hydrogen) atoms. The van der Waals surface area contributed by atoms with Gasteiger partial charge in [-0.05, 0) is 42.8 Å². The Bertz CT molecular complexity index is 962. The molecule has 0 aliphatic carbocycles. The molecule has 0 heterocycles. The smallest absolute Gasteiger partial charge is 0.306 e. The van der Waals surface area contributed by atoms with Gasteiger partial charge in [0.1, 0.15) is 11.6 Å². The third-order valence-corrected chi connectivity index (χ3v) is 4.55. The number of hydrogen-bond donors (Lipinski definition) is 2. The number of amides is 2. The monoisotopic (exact) mass is 458 g/mol. The number of carbonyl (C=O) groups is 4. The van der Waals surface area contributed by atoms with Gasteiger partial charge in [0.2, 0.25) is 0 Å². The number of nitrogens with one attached hydrogen (secondary N) is 2. The molecule has 2 rings (SSSR count). The van der Waals surface area contributed by atoms with Crippen LogP contribution in [0.5, 0.6) is 5.75 Å². The summed E-state index contributed by atoms with van der Waals surface area (Å²) in [6.45, 7) is 2.07. The first-order valence-electron chi connectivity index (χ1n) is 10.7. The Morgan fingerprint density at radius 2 is 1.64 bits per heavy atom. The van der Waals surface area contributed by atoms with Crippen LogP contribution < -0.4 is 15.6 Å². The number of benzene rings is 2. The highest BCUT2D eigenvalue weighted by Crippen LogP contribution is 2.15. The number of halogens is 1. The van der Waals surface area contributed by atoms with Crippen molar-refractivity contribution in [1.82, 2.24) is 10.9 Å². The Morgan fingerprint density at radius 3 is 2.33 bits per heavy atom. The molecule has 0 bridgehead atoms. The number of unbranched alkanes of at least 4 members (excludes halogenated alkanes) is 2. The molecule has 0 saturated heterocycles. The molecular formula is C24H27FN2O6. The predicted octanol–water partition coefficient (Wildman–Crippen LogP) is 3.36. The first-order valence-corrected chi connectivity index (χ1v) is 10.7. The molecule has 0 spiro atoms. The van der Waals surface area contributed by atoms with Crippen LogP contribution in [0.2, 0.25) is 0 Å². The van der Waals surface area contributed by atoms with Crippen LogP contribution >= 0.6 is 0 Å². The Morgan fingerprint density at radius 1 is 0.909 bits per heavy atom. The van der Waals surface area contributed by atoms with Crippen molar-refractivity contribution in [2.24, 2.45) is 0 Å². The van der Waals surface area contributed by atoms with E-state index in [2.05, 4.69) is 6.92 Å². The van der Waals surface area contributed by atoms with Crippen LogP contribution in [-0.2, 0) is 14.3 Å². The first-order chi connectivity index (χ1) is 15.9. The van der Waals surface area contributed by atoms with Crippen LogP contribution in [0.15, 0.2) is 48.5 Å². The van der Waals surface area contributed by atoms with Gasteiger partial charge in [0.25, 0.3) is 11.8 Å². The predicted molar refractivity (Wildman–Crippen MR) is 118 cm³/mol. The summed E-state index contributed by atoms with van der Waals surface area (Å²) >= 11 is 0. The summed E-state index contributed by atoms with van der Waals surface area (Å²) in [5.41, 5.74) is 4.24. The maximum Gasteiger partial charge on any atom is 0.306 e. The summed E-state index contributed by atoms with van der Waals surface area (Å²) in [4.78, 5) is 47.5. The number of ether oxygens (including phenoxy) is 2. The van der Waals surface area contributed by atoms with Crippen molar-refractivity contribution in [2.75, 3.05) is 13.2 Å². The number of hydrazine groups is 1. The van der Waals surface area contributed by atoms with Crippen LogP contribution in [-0.4, -0.2) is 36.8 Å². The maximum absolute atomic E-state index is 13.5. The SMILES string of the molecule is CCCCCOc1ccc(C(=O)CCC(=O)OCC(=O)NNC(=O)c2ccccc2F)cc1. The summed E-state index contributed by atoms with van der Waals surface area (Å²) < 4.78 is 23.9.